The van der Waals surface area contributed by atoms with Gasteiger partial charge in [-0.2, -0.15) is 0 Å². The Labute approximate surface area is 321 Å². The fraction of sp³-hybridized carbons (Fsp3) is 0.0435. The molecule has 2 aromatic heterocycles. The van der Waals surface area contributed by atoms with Crippen molar-refractivity contribution in [2.45, 2.75) is 10.3 Å². The van der Waals surface area contributed by atoms with Gasteiger partial charge in [-0.3, -0.25) is 9.55 Å². The number of hydrogen-bond acceptors (Lipinski definition) is 2. The zero-order chi connectivity index (χ0) is 37.0. The Hall–Kier alpha value is -6.00. The van der Waals surface area contributed by atoms with Crippen LogP contribution in [0, 0.1) is 0 Å². The largest absolute Gasteiger partial charge is 0.296 e. The summed E-state index contributed by atoms with van der Waals surface area (Å²) >= 11 is 0. The minimum absolute atomic E-state index is 0.00660. The molecular weight excluding hydrogens is 649 g/mol. The van der Waals surface area contributed by atoms with Gasteiger partial charge < -0.3 is 0 Å². The lowest BCUT2D eigenvalue weighted by Crippen LogP contribution is -2.45. The molecule has 2 heterocycles. The van der Waals surface area contributed by atoms with Gasteiger partial charge in [0.05, 0.1) is 40.3 Å². The van der Waals surface area contributed by atoms with E-state index in [1.807, 2.05) is 12.4 Å². The first kappa shape index (κ1) is 33.8. The maximum absolute atomic E-state index is 5.28. The number of pyridine rings is 1. The van der Waals surface area contributed by atoms with Gasteiger partial charge in [0.25, 0.3) is 0 Å². The van der Waals surface area contributed by atoms with E-state index in [1.54, 1.807) is 0 Å². The van der Waals surface area contributed by atoms with Crippen LogP contribution in [-0.4, -0.2) is 53.8 Å². The van der Waals surface area contributed by atoms with Crippen LogP contribution < -0.4 is 0 Å². The highest BCUT2D eigenvalue weighted by Crippen LogP contribution is 2.45. The minimum Gasteiger partial charge on any atom is -0.296 e. The molecule has 0 aliphatic rings. The SMILES string of the molecule is BC(B)(B)C(B)(B)c1nc2ccccc2n1-c1ccccc1-c1ccc(-c2c3ccccc3c(-c3ccc(-c4ccncc4)cc3)c3ccccc23)cc1. The van der Waals surface area contributed by atoms with Crippen LogP contribution in [0.2, 0.25) is 5.11 Å². The van der Waals surface area contributed by atoms with Crippen molar-refractivity contribution in [2.75, 3.05) is 0 Å². The van der Waals surface area contributed by atoms with Gasteiger partial charge in [-0.1, -0.05) is 127 Å². The molecule has 9 rings (SSSR count). The standard InChI is InChI=1S/C46H38B5N3/c47-45(48,46(49,50)51)44-53-39-14-6-8-16-41(39)54(44)40-15-7-5-9-34(40)31-19-23-33(24-20-31)43-37-12-3-1-10-35(37)42(36-11-2-4-13-38(36)43)32-21-17-29(18-22-32)30-25-27-52-28-26-30/h1-28H,47-51H2. The molecule has 0 aliphatic heterocycles. The molecule has 0 saturated carbocycles. The lowest BCUT2D eigenvalue weighted by atomic mass is 9.23. The molecule has 252 valence electrons. The second kappa shape index (κ2) is 13.1. The van der Waals surface area contributed by atoms with Crippen LogP contribution in [0.25, 0.3) is 82.8 Å². The van der Waals surface area contributed by atoms with E-state index >= 15 is 0 Å². The predicted octanol–water partition coefficient (Wildman–Crippen LogP) is 6.79. The normalized spacial score (nSPS) is 12.1. The van der Waals surface area contributed by atoms with Crippen molar-refractivity contribution in [1.29, 1.82) is 0 Å². The third-order valence-electron chi connectivity index (χ3n) is 11.7. The van der Waals surface area contributed by atoms with Crippen LogP contribution in [0.1, 0.15) is 5.82 Å². The molecule has 0 atom stereocenters. The van der Waals surface area contributed by atoms with Crippen molar-refractivity contribution in [3.63, 3.8) is 0 Å². The Kier molecular flexibility index (Phi) is 8.23. The first-order valence-corrected chi connectivity index (χ1v) is 18.8. The number of hydrogen-bond donors (Lipinski definition) is 0. The molecule has 0 radical (unpaired) electrons. The molecule has 0 bridgehead atoms. The summed E-state index contributed by atoms with van der Waals surface area (Å²) in [5.41, 5.74) is 12.9. The van der Waals surface area contributed by atoms with E-state index in [0.29, 0.717) is 0 Å². The van der Waals surface area contributed by atoms with E-state index in [4.69, 9.17) is 4.98 Å². The van der Waals surface area contributed by atoms with Gasteiger partial charge in [0.15, 0.2) is 0 Å². The molecule has 0 spiro atoms. The number of benzene rings is 7. The van der Waals surface area contributed by atoms with Crippen LogP contribution in [0.5, 0.6) is 0 Å². The molecular formula is C46H38B5N3. The maximum atomic E-state index is 5.28. The van der Waals surface area contributed by atoms with Crippen LogP contribution >= 0.6 is 0 Å². The molecule has 0 aliphatic carbocycles. The number of imidazole rings is 1. The van der Waals surface area contributed by atoms with E-state index in [1.165, 1.54) is 66.1 Å². The lowest BCUT2D eigenvalue weighted by molar-refractivity contribution is 0.757. The monoisotopic (exact) mass is 687 g/mol. The topological polar surface area (TPSA) is 30.7 Å². The summed E-state index contributed by atoms with van der Waals surface area (Å²) in [5, 5.41) is 4.79. The zero-order valence-electron chi connectivity index (χ0n) is 31.5. The van der Waals surface area contributed by atoms with Crippen molar-refractivity contribution in [3.05, 3.63) is 176 Å². The maximum Gasteiger partial charge on any atom is 0.106 e. The Morgan fingerprint density at radius 2 is 0.870 bits per heavy atom. The van der Waals surface area contributed by atoms with Crippen molar-refractivity contribution in [2.24, 2.45) is 0 Å². The van der Waals surface area contributed by atoms with Crippen LogP contribution in [0.4, 0.5) is 0 Å². The molecule has 7 aromatic carbocycles. The molecule has 3 nitrogen and oxygen atoms in total. The lowest BCUT2D eigenvalue weighted by Gasteiger charge is -2.39. The van der Waals surface area contributed by atoms with E-state index in [2.05, 4.69) is 207 Å². The molecule has 9 aromatic rings. The number of nitrogens with zero attached hydrogens (tertiary/aromatic N) is 3. The van der Waals surface area contributed by atoms with Gasteiger partial charge in [-0.25, -0.2) is 4.98 Å². The average Bonchev–Trinajstić information content (AvgIpc) is 3.60. The van der Waals surface area contributed by atoms with Crippen LogP contribution in [0.3, 0.4) is 0 Å². The van der Waals surface area contributed by atoms with Crippen molar-refractivity contribution in [3.8, 4) is 50.2 Å². The summed E-state index contributed by atoms with van der Waals surface area (Å²) in [7, 11) is 11.6. The van der Waals surface area contributed by atoms with Crippen molar-refractivity contribution in [1.82, 2.24) is 14.5 Å². The Bertz CT molecular complexity index is 2770. The molecule has 0 unspecified atom stereocenters. The van der Waals surface area contributed by atoms with Crippen LogP contribution in [0.15, 0.2) is 170 Å². The average molecular weight is 687 g/mol. The van der Waals surface area contributed by atoms with Gasteiger partial charge in [-0.15, -0.1) is 5.11 Å². The zero-order valence-corrected chi connectivity index (χ0v) is 31.5. The quantitative estimate of drug-likeness (QED) is 0.137. The van der Waals surface area contributed by atoms with Gasteiger partial charge in [0.1, 0.15) is 21.5 Å². The molecule has 0 saturated heterocycles. The van der Waals surface area contributed by atoms with Gasteiger partial charge in [-0.05, 0) is 96.0 Å². The number of rotatable bonds is 7. The van der Waals surface area contributed by atoms with Gasteiger partial charge in [0, 0.05) is 18.0 Å². The van der Waals surface area contributed by atoms with Crippen LogP contribution in [-0.2, 0) is 5.21 Å². The molecule has 54 heavy (non-hydrogen) atoms. The number of aromatic nitrogens is 3. The highest BCUT2D eigenvalue weighted by Gasteiger charge is 2.38. The molecule has 0 amide bonds. The summed E-state index contributed by atoms with van der Waals surface area (Å²) in [6.45, 7) is 0. The van der Waals surface area contributed by atoms with E-state index in [9.17, 15) is 0 Å². The summed E-state index contributed by atoms with van der Waals surface area (Å²) in [6, 6.07) is 57.3. The number of para-hydroxylation sites is 3. The van der Waals surface area contributed by atoms with E-state index in [0.717, 1.165) is 22.5 Å². The molecule has 0 N–H and O–H groups in total. The number of fused-ring (bicyclic) bond motifs is 3. The Morgan fingerprint density at radius 1 is 0.426 bits per heavy atom. The summed E-state index contributed by atoms with van der Waals surface area (Å²) in [6.07, 6.45) is 3.70. The fourth-order valence-electron chi connectivity index (χ4n) is 7.88. The third-order valence-corrected chi connectivity index (χ3v) is 11.7. The Balaban J connectivity index is 1.18. The second-order valence-electron chi connectivity index (χ2n) is 15.9. The first-order valence-electron chi connectivity index (χ1n) is 18.8. The minimum atomic E-state index is -0.196. The smallest absolute Gasteiger partial charge is 0.106 e. The van der Waals surface area contributed by atoms with Gasteiger partial charge >= 0.3 is 0 Å². The van der Waals surface area contributed by atoms with E-state index < -0.39 is 0 Å². The second-order valence-corrected chi connectivity index (χ2v) is 15.9. The Morgan fingerprint density at radius 3 is 1.43 bits per heavy atom. The predicted molar refractivity (Wildman–Crippen MR) is 243 cm³/mol. The molecule has 8 heteroatoms. The summed E-state index contributed by atoms with van der Waals surface area (Å²) in [4.78, 5) is 9.48. The van der Waals surface area contributed by atoms with Crippen molar-refractivity contribution < 1.29 is 0 Å². The van der Waals surface area contributed by atoms with Gasteiger partial charge in [0.2, 0.25) is 0 Å². The summed E-state index contributed by atoms with van der Waals surface area (Å²) < 4.78 is 2.40. The van der Waals surface area contributed by atoms with Crippen molar-refractivity contribution >= 4 is 71.8 Å². The highest BCUT2D eigenvalue weighted by molar-refractivity contribution is 6.67. The molecule has 0 fully saturated rings. The fourth-order valence-corrected chi connectivity index (χ4v) is 7.88. The first-order chi connectivity index (χ1) is 26.2. The highest BCUT2D eigenvalue weighted by atomic mass is 15.1. The third kappa shape index (κ3) is 5.60. The summed E-state index contributed by atoms with van der Waals surface area (Å²) in [5.74, 6) is 1.07. The van der Waals surface area contributed by atoms with E-state index in [-0.39, 0.29) is 10.3 Å².